The second-order valence-electron chi connectivity index (χ2n) is 20.4. The van der Waals surface area contributed by atoms with Gasteiger partial charge in [0, 0.05) is 20.0 Å². The average molecular weight is 1160 g/mol. The SMILES string of the molecule is CC=C1NC(=O)C(CN)NC(=O)C(CO)NC(=O)C(NC(=O)C(CS(=O)(=O)O)NC(=O)CC(=O)CCCCCCCCC(C)CCCC)C(C)OC(=O)CN(C)C(=O)C(CCCCN)NC(=O)C(CO)NC(=O)C(C(C)C)NC1=O. The lowest BCUT2D eigenvalue weighted by molar-refractivity contribution is -0.156. The van der Waals surface area contributed by atoms with E-state index in [0.29, 0.717) is 25.2 Å². The molecule has 456 valence electrons. The molecule has 0 bridgehead atoms. The molecule has 1 aliphatic rings. The molecule has 0 aliphatic carbocycles. The van der Waals surface area contributed by atoms with Gasteiger partial charge in [-0.3, -0.25) is 57.3 Å². The van der Waals surface area contributed by atoms with E-state index in [2.05, 4.69) is 56.4 Å². The monoisotopic (exact) mass is 1160 g/mol. The van der Waals surface area contributed by atoms with Crippen LogP contribution in [-0.2, 0) is 67.6 Å². The van der Waals surface area contributed by atoms with Gasteiger partial charge in [-0.15, -0.1) is 0 Å². The predicted octanol–water partition coefficient (Wildman–Crippen LogP) is -2.67. The number of unbranched alkanes of at least 4 members (excludes halogenated alkanes) is 7. The standard InChI is InChI=1S/C51H89N11O17S/c1-8-10-19-31(5)20-15-13-11-12-14-16-21-33(65)24-40(66)54-39(29-80(76,77)78)48(72)61-43-32(6)79-41(67)26-62(7)51(75)35(22-17-18-23-52)56-46(70)37(27-63)58-49(73)42(30(3)4)60-44(68)34(9-2)55-45(69)36(25-53)57-47(71)38(28-64)59-50(43)74/h9,30-32,35-39,42-43,63-64H,8,10-29,52-53H2,1-7H3,(H,54,66)(H,55,69)(H,56,70)(H,57,71)(H,58,73)(H,59,74)(H,60,68)(H,61,72)(H,76,77,78). The number of hydrogen-bond donors (Lipinski definition) is 13. The first-order chi connectivity index (χ1) is 37.7. The quantitative estimate of drug-likeness (QED) is 0.0131. The lowest BCUT2D eigenvalue weighted by Crippen LogP contribution is -2.63. The summed E-state index contributed by atoms with van der Waals surface area (Å²) in [4.78, 5) is 150. The third-order valence-corrected chi connectivity index (χ3v) is 13.8. The maximum atomic E-state index is 14.1. The van der Waals surface area contributed by atoms with Crippen LogP contribution in [0.2, 0.25) is 0 Å². The van der Waals surface area contributed by atoms with Crippen LogP contribution >= 0.6 is 0 Å². The molecule has 15 N–H and O–H groups in total. The maximum absolute atomic E-state index is 14.1. The highest BCUT2D eigenvalue weighted by molar-refractivity contribution is 7.85. The van der Waals surface area contributed by atoms with Crippen LogP contribution in [-0.4, -0.2) is 187 Å². The predicted molar refractivity (Wildman–Crippen MR) is 291 cm³/mol. The van der Waals surface area contributed by atoms with Gasteiger partial charge in [0.25, 0.3) is 16.0 Å². The van der Waals surface area contributed by atoms with Gasteiger partial charge in [0.05, 0.1) is 19.6 Å². The van der Waals surface area contributed by atoms with Gasteiger partial charge in [0.2, 0.25) is 47.3 Å². The van der Waals surface area contributed by atoms with Crippen LogP contribution in [0.25, 0.3) is 0 Å². The molecule has 28 nitrogen and oxygen atoms in total. The van der Waals surface area contributed by atoms with Gasteiger partial charge >= 0.3 is 5.97 Å². The molecule has 0 aromatic carbocycles. The Kier molecular flexibility index (Phi) is 33.9. The topological polar surface area (TPSA) is 443 Å². The Morgan fingerprint density at radius 3 is 1.88 bits per heavy atom. The molecular formula is C51H89N11O17S. The summed E-state index contributed by atoms with van der Waals surface area (Å²) in [6, 6.07) is -12.6. The number of allylic oxidation sites excluding steroid dienone is 1. The number of ether oxygens (including phenoxy) is 1. The van der Waals surface area contributed by atoms with Crippen molar-refractivity contribution in [2.75, 3.05) is 45.6 Å². The van der Waals surface area contributed by atoms with Crippen molar-refractivity contribution in [1.29, 1.82) is 0 Å². The largest absolute Gasteiger partial charge is 0.459 e. The van der Waals surface area contributed by atoms with Crippen LogP contribution in [0.4, 0.5) is 0 Å². The number of amides is 9. The molecule has 1 aliphatic heterocycles. The van der Waals surface area contributed by atoms with Gasteiger partial charge in [-0.05, 0) is 57.9 Å². The molecule has 1 saturated heterocycles. The van der Waals surface area contributed by atoms with E-state index < -0.39 is 174 Å². The molecule has 0 aromatic rings. The molecule has 0 radical (unpaired) electrons. The summed E-state index contributed by atoms with van der Waals surface area (Å²) >= 11 is 0. The Bertz CT molecular complexity index is 2230. The summed E-state index contributed by atoms with van der Waals surface area (Å²) in [6.45, 7) is 6.31. The van der Waals surface area contributed by atoms with Crippen LogP contribution in [0.5, 0.6) is 0 Å². The Morgan fingerprint density at radius 1 is 0.762 bits per heavy atom. The summed E-state index contributed by atoms with van der Waals surface area (Å²) < 4.78 is 39.6. The van der Waals surface area contributed by atoms with Crippen molar-refractivity contribution in [2.45, 2.75) is 186 Å². The molecule has 1 fully saturated rings. The van der Waals surface area contributed by atoms with E-state index >= 15 is 0 Å². The Hall–Kier alpha value is -6.14. The Morgan fingerprint density at radius 2 is 1.32 bits per heavy atom. The second kappa shape index (κ2) is 37.7. The molecule has 9 unspecified atom stereocenters. The summed E-state index contributed by atoms with van der Waals surface area (Å²) in [5.41, 5.74) is 11.0. The minimum Gasteiger partial charge on any atom is -0.459 e. The summed E-state index contributed by atoms with van der Waals surface area (Å²) in [5, 5.41) is 38.5. The Labute approximate surface area is 468 Å². The van der Waals surface area contributed by atoms with Gasteiger partial charge < -0.3 is 73.9 Å². The van der Waals surface area contributed by atoms with E-state index in [0.717, 1.165) is 63.5 Å². The minimum atomic E-state index is -5.10. The first-order valence-electron chi connectivity index (χ1n) is 27.3. The van der Waals surface area contributed by atoms with Crippen LogP contribution < -0.4 is 54.0 Å². The highest BCUT2D eigenvalue weighted by atomic mass is 32.2. The highest BCUT2D eigenvalue weighted by Crippen LogP contribution is 2.18. The van der Waals surface area contributed by atoms with E-state index in [1.54, 1.807) is 0 Å². The zero-order valence-electron chi connectivity index (χ0n) is 47.3. The van der Waals surface area contributed by atoms with Crippen LogP contribution in [0.15, 0.2) is 11.8 Å². The molecule has 0 spiro atoms. The number of ketones is 1. The minimum absolute atomic E-state index is 0.000940. The van der Waals surface area contributed by atoms with Gasteiger partial charge in [-0.25, -0.2) is 0 Å². The van der Waals surface area contributed by atoms with Gasteiger partial charge in [-0.1, -0.05) is 91.6 Å². The van der Waals surface area contributed by atoms with Crippen molar-refractivity contribution >= 4 is 75.0 Å². The molecule has 1 heterocycles. The van der Waals surface area contributed by atoms with Gasteiger partial charge in [0.15, 0.2) is 0 Å². The number of carbonyl (C=O) groups is 11. The third kappa shape index (κ3) is 27.3. The number of nitrogens with two attached hydrogens (primary N) is 2. The first kappa shape index (κ1) is 71.9. The van der Waals surface area contributed by atoms with E-state index in [4.69, 9.17) is 16.2 Å². The fraction of sp³-hybridized carbons (Fsp3) is 0.745. The van der Waals surface area contributed by atoms with E-state index in [-0.39, 0.29) is 25.8 Å². The smallest absolute Gasteiger partial charge is 0.325 e. The number of rotatable bonds is 27. The summed E-state index contributed by atoms with van der Waals surface area (Å²) in [6.07, 6.45) is 8.97. The number of aliphatic hydroxyl groups excluding tert-OH is 2. The van der Waals surface area contributed by atoms with Crippen molar-refractivity contribution < 1.29 is 80.7 Å². The number of hydrogen-bond acceptors (Lipinski definition) is 18. The van der Waals surface area contributed by atoms with E-state index in [1.807, 2.05) is 0 Å². The van der Waals surface area contributed by atoms with E-state index in [1.165, 1.54) is 33.6 Å². The number of aliphatic hydroxyl groups is 2. The molecule has 29 heteroatoms. The Balaban J connectivity index is 3.64. The molecule has 1 rings (SSSR count). The zero-order chi connectivity index (χ0) is 60.7. The number of likely N-dealkylation sites (N-methyl/N-ethyl adjacent to an activating group) is 1. The number of nitrogens with zero attached hydrogens (tertiary/aromatic N) is 1. The fourth-order valence-electron chi connectivity index (χ4n) is 8.30. The number of Topliss-reactive ketones (excluding diaryl/α,β-unsaturated/α-hetero) is 1. The maximum Gasteiger partial charge on any atom is 0.325 e. The third-order valence-electron chi connectivity index (χ3n) is 13.0. The zero-order valence-corrected chi connectivity index (χ0v) is 48.1. The van der Waals surface area contributed by atoms with Crippen LogP contribution in [0.3, 0.4) is 0 Å². The number of carbonyl (C=O) groups excluding carboxylic acids is 11. The highest BCUT2D eigenvalue weighted by Gasteiger charge is 2.38. The lowest BCUT2D eigenvalue weighted by atomic mass is 9.97. The van der Waals surface area contributed by atoms with Crippen molar-refractivity contribution in [3.63, 3.8) is 0 Å². The van der Waals surface area contributed by atoms with E-state index in [9.17, 15) is 75.9 Å². The number of cyclic esters (lactones) is 1. The number of esters is 1. The first-order valence-corrected chi connectivity index (χ1v) is 28.9. The van der Waals surface area contributed by atoms with Crippen LogP contribution in [0, 0.1) is 11.8 Å². The van der Waals surface area contributed by atoms with Gasteiger partial charge in [0.1, 0.15) is 72.2 Å². The normalized spacial score (nSPS) is 23.2. The second-order valence-corrected chi connectivity index (χ2v) is 21.9. The molecule has 0 aromatic heterocycles. The van der Waals surface area contributed by atoms with Crippen molar-refractivity contribution in [3.05, 3.63) is 11.8 Å². The van der Waals surface area contributed by atoms with Crippen molar-refractivity contribution in [2.24, 2.45) is 23.3 Å². The number of nitrogens with one attached hydrogen (secondary N) is 8. The van der Waals surface area contributed by atoms with Crippen molar-refractivity contribution in [3.8, 4) is 0 Å². The van der Waals surface area contributed by atoms with Crippen molar-refractivity contribution in [1.82, 2.24) is 47.4 Å². The summed E-state index contributed by atoms with van der Waals surface area (Å²) in [7, 11) is -3.97. The summed E-state index contributed by atoms with van der Waals surface area (Å²) in [5.74, 6) is -13.6. The molecule has 9 atom stereocenters. The fourth-order valence-corrected chi connectivity index (χ4v) is 8.95. The lowest BCUT2D eigenvalue weighted by Gasteiger charge is -2.29. The molecule has 0 saturated carbocycles. The average Bonchev–Trinajstić information content (AvgIpc) is 3.38. The van der Waals surface area contributed by atoms with Crippen LogP contribution in [0.1, 0.15) is 138 Å². The van der Waals surface area contributed by atoms with Gasteiger partial charge in [-0.2, -0.15) is 8.42 Å². The molecule has 80 heavy (non-hydrogen) atoms. The molecule has 9 amide bonds. The molecular weight excluding hydrogens is 1070 g/mol.